The SMILES string of the molecule is COc1ccc(C)cc1NS(=O)(=O)c1ccc2c(c1)[C@H]1C=CC[C@H]1[C@@H](c1cccc(Br)c1)N2. The lowest BCUT2D eigenvalue weighted by atomic mass is 9.77. The molecular weight excluding hydrogens is 500 g/mol. The smallest absolute Gasteiger partial charge is 0.262 e. The fourth-order valence-electron chi connectivity index (χ4n) is 4.87. The molecule has 0 unspecified atom stereocenters. The van der Waals surface area contributed by atoms with Crippen LogP contribution in [0, 0.1) is 12.8 Å². The standard InChI is InChI=1S/C26H25BrN2O3S/c1-16-9-12-25(32-2)24(13-16)29-33(30,31)19-10-11-23-22(15-19)20-7-4-8-21(20)26(28-23)17-5-3-6-18(27)14-17/h3-7,9-15,20-21,26,28-29H,8H2,1-2H3/t20-,21+,26+/m0/s1. The molecule has 0 spiro atoms. The lowest BCUT2D eigenvalue weighted by Crippen LogP contribution is -2.29. The summed E-state index contributed by atoms with van der Waals surface area (Å²) in [6, 6.07) is 19.3. The molecular formula is C26H25BrN2O3S. The predicted octanol–water partition coefficient (Wildman–Crippen LogP) is 6.39. The normalized spacial score (nSPS) is 21.1. The van der Waals surface area contributed by atoms with Crippen LogP contribution in [0.2, 0.25) is 0 Å². The van der Waals surface area contributed by atoms with Gasteiger partial charge >= 0.3 is 0 Å². The highest BCUT2D eigenvalue weighted by Crippen LogP contribution is 2.50. The van der Waals surface area contributed by atoms with E-state index in [1.807, 2.05) is 25.1 Å². The molecule has 3 atom stereocenters. The number of benzene rings is 3. The van der Waals surface area contributed by atoms with Gasteiger partial charge in [-0.25, -0.2) is 8.42 Å². The van der Waals surface area contributed by atoms with E-state index in [1.54, 1.807) is 24.3 Å². The minimum atomic E-state index is -3.78. The zero-order valence-electron chi connectivity index (χ0n) is 18.4. The second kappa shape index (κ2) is 8.54. The first-order chi connectivity index (χ1) is 15.9. The lowest BCUT2D eigenvalue weighted by Gasteiger charge is -2.37. The highest BCUT2D eigenvalue weighted by atomic mass is 79.9. The van der Waals surface area contributed by atoms with Crippen LogP contribution in [0.1, 0.15) is 35.1 Å². The number of halogens is 1. The van der Waals surface area contributed by atoms with Gasteiger partial charge in [-0.3, -0.25) is 4.72 Å². The summed E-state index contributed by atoms with van der Waals surface area (Å²) in [4.78, 5) is 0.242. The minimum Gasteiger partial charge on any atom is -0.495 e. The van der Waals surface area contributed by atoms with Crippen LogP contribution < -0.4 is 14.8 Å². The van der Waals surface area contributed by atoms with E-state index in [0.717, 1.165) is 27.7 Å². The van der Waals surface area contributed by atoms with Crippen LogP contribution in [0.25, 0.3) is 0 Å². The summed E-state index contributed by atoms with van der Waals surface area (Å²) in [5.41, 5.74) is 4.58. The van der Waals surface area contributed by atoms with Crippen LogP contribution in [0.3, 0.4) is 0 Å². The topological polar surface area (TPSA) is 67.4 Å². The van der Waals surface area contributed by atoms with Gasteiger partial charge in [-0.1, -0.05) is 46.3 Å². The lowest BCUT2D eigenvalue weighted by molar-refractivity contribution is 0.417. The summed E-state index contributed by atoms with van der Waals surface area (Å²) < 4.78 is 35.6. The molecule has 33 heavy (non-hydrogen) atoms. The molecule has 0 saturated carbocycles. The molecule has 7 heteroatoms. The van der Waals surface area contributed by atoms with Crippen molar-refractivity contribution < 1.29 is 13.2 Å². The summed E-state index contributed by atoms with van der Waals surface area (Å²) in [6.45, 7) is 1.91. The monoisotopic (exact) mass is 524 g/mol. The van der Waals surface area contributed by atoms with E-state index in [2.05, 4.69) is 56.3 Å². The molecule has 1 aliphatic carbocycles. The Morgan fingerprint density at radius 1 is 1.09 bits per heavy atom. The Morgan fingerprint density at radius 2 is 1.94 bits per heavy atom. The molecule has 2 aliphatic rings. The molecule has 0 amide bonds. The van der Waals surface area contributed by atoms with Crippen LogP contribution in [0.4, 0.5) is 11.4 Å². The molecule has 1 aliphatic heterocycles. The summed E-state index contributed by atoms with van der Waals surface area (Å²) in [7, 11) is -2.26. The van der Waals surface area contributed by atoms with Gasteiger partial charge in [0.2, 0.25) is 0 Å². The van der Waals surface area contributed by atoms with Crippen molar-refractivity contribution in [1.82, 2.24) is 0 Å². The average molecular weight is 525 g/mol. The number of nitrogens with one attached hydrogen (secondary N) is 2. The molecule has 3 aromatic rings. The van der Waals surface area contributed by atoms with E-state index in [9.17, 15) is 8.42 Å². The molecule has 0 saturated heterocycles. The molecule has 0 fully saturated rings. The van der Waals surface area contributed by atoms with Crippen molar-refractivity contribution in [2.24, 2.45) is 5.92 Å². The summed E-state index contributed by atoms with van der Waals surface area (Å²) in [6.07, 6.45) is 5.36. The number of sulfonamides is 1. The number of fused-ring (bicyclic) bond motifs is 3. The van der Waals surface area contributed by atoms with Gasteiger partial charge in [-0.05, 0) is 78.4 Å². The van der Waals surface area contributed by atoms with E-state index >= 15 is 0 Å². The molecule has 0 bridgehead atoms. The van der Waals surface area contributed by atoms with Crippen LogP contribution in [0.5, 0.6) is 5.75 Å². The van der Waals surface area contributed by atoms with Crippen molar-refractivity contribution in [3.63, 3.8) is 0 Å². The highest BCUT2D eigenvalue weighted by molar-refractivity contribution is 9.10. The van der Waals surface area contributed by atoms with Gasteiger partial charge in [0.25, 0.3) is 10.0 Å². The number of rotatable bonds is 5. The quantitative estimate of drug-likeness (QED) is 0.379. The van der Waals surface area contributed by atoms with Crippen LogP contribution >= 0.6 is 15.9 Å². The first-order valence-corrected chi connectivity index (χ1v) is 13.1. The maximum atomic E-state index is 13.3. The largest absolute Gasteiger partial charge is 0.495 e. The van der Waals surface area contributed by atoms with Gasteiger partial charge in [0.05, 0.1) is 23.7 Å². The summed E-state index contributed by atoms with van der Waals surface area (Å²) >= 11 is 3.58. The molecule has 3 aromatic carbocycles. The number of methoxy groups -OCH3 is 1. The number of aryl methyl sites for hydroxylation is 1. The Balaban J connectivity index is 1.50. The zero-order chi connectivity index (χ0) is 23.2. The van der Waals surface area contributed by atoms with Gasteiger partial charge in [0, 0.05) is 16.1 Å². The maximum Gasteiger partial charge on any atom is 0.262 e. The number of hydrogen-bond acceptors (Lipinski definition) is 4. The third kappa shape index (κ3) is 4.15. The molecule has 170 valence electrons. The van der Waals surface area contributed by atoms with Gasteiger partial charge < -0.3 is 10.1 Å². The van der Waals surface area contributed by atoms with Crippen molar-refractivity contribution in [3.05, 3.63) is 94.0 Å². The third-order valence-corrected chi connectivity index (χ3v) is 8.31. The Labute approximate surface area is 203 Å². The molecule has 0 radical (unpaired) electrons. The van der Waals surface area contributed by atoms with E-state index in [-0.39, 0.29) is 16.9 Å². The van der Waals surface area contributed by atoms with E-state index in [0.29, 0.717) is 17.4 Å². The average Bonchev–Trinajstić information content (AvgIpc) is 3.28. The van der Waals surface area contributed by atoms with E-state index < -0.39 is 10.0 Å². The van der Waals surface area contributed by atoms with Crippen molar-refractivity contribution in [2.75, 3.05) is 17.1 Å². The molecule has 2 N–H and O–H groups in total. The fraction of sp³-hybridized carbons (Fsp3) is 0.231. The highest BCUT2D eigenvalue weighted by Gasteiger charge is 2.38. The maximum absolute atomic E-state index is 13.3. The number of ether oxygens (including phenoxy) is 1. The van der Waals surface area contributed by atoms with Gasteiger partial charge in [-0.2, -0.15) is 0 Å². The van der Waals surface area contributed by atoms with E-state index in [1.165, 1.54) is 12.7 Å². The minimum absolute atomic E-state index is 0.159. The first kappa shape index (κ1) is 22.0. The fourth-order valence-corrected chi connectivity index (χ4v) is 6.39. The molecule has 0 aromatic heterocycles. The number of anilines is 2. The van der Waals surface area contributed by atoms with Crippen molar-refractivity contribution in [3.8, 4) is 5.75 Å². The van der Waals surface area contributed by atoms with Crippen molar-refractivity contribution in [2.45, 2.75) is 30.2 Å². The second-order valence-corrected chi connectivity index (χ2v) is 11.2. The Hall–Kier alpha value is -2.77. The Bertz CT molecular complexity index is 1350. The zero-order valence-corrected chi connectivity index (χ0v) is 20.8. The van der Waals surface area contributed by atoms with Gasteiger partial charge in [0.1, 0.15) is 5.75 Å². The van der Waals surface area contributed by atoms with E-state index in [4.69, 9.17) is 4.74 Å². The predicted molar refractivity (Wildman–Crippen MR) is 135 cm³/mol. The summed E-state index contributed by atoms with van der Waals surface area (Å²) in [5.74, 6) is 0.975. The number of allylic oxidation sites excluding steroid dienone is 2. The van der Waals surface area contributed by atoms with Gasteiger partial charge in [-0.15, -0.1) is 0 Å². The molecule has 5 nitrogen and oxygen atoms in total. The van der Waals surface area contributed by atoms with Crippen molar-refractivity contribution in [1.29, 1.82) is 0 Å². The second-order valence-electron chi connectivity index (χ2n) is 8.59. The first-order valence-electron chi connectivity index (χ1n) is 10.9. The summed E-state index contributed by atoms with van der Waals surface area (Å²) in [5, 5.41) is 3.67. The van der Waals surface area contributed by atoms with Crippen LogP contribution in [-0.4, -0.2) is 15.5 Å². The number of hydrogen-bond donors (Lipinski definition) is 2. The van der Waals surface area contributed by atoms with Crippen molar-refractivity contribution >= 4 is 37.3 Å². The third-order valence-electron chi connectivity index (χ3n) is 6.45. The molecule has 5 rings (SSSR count). The Kier molecular flexibility index (Phi) is 5.70. The molecule has 1 heterocycles. The van der Waals surface area contributed by atoms with Gasteiger partial charge in [0.15, 0.2) is 0 Å². The van der Waals surface area contributed by atoms with Crippen LogP contribution in [-0.2, 0) is 10.0 Å². The van der Waals surface area contributed by atoms with Crippen LogP contribution in [0.15, 0.2) is 82.2 Å². The Morgan fingerprint density at radius 3 is 2.73 bits per heavy atom.